The molecule has 0 saturated carbocycles. The van der Waals surface area contributed by atoms with Gasteiger partial charge in [0.25, 0.3) is 0 Å². The fourth-order valence-electron chi connectivity index (χ4n) is 19.8. The van der Waals surface area contributed by atoms with E-state index in [-0.39, 0.29) is 10.1 Å². The topological polar surface area (TPSA) is 34.1 Å². The molecule has 0 aromatic heterocycles. The molecule has 2 nitrogen and oxygen atoms in total. The number of benzene rings is 2. The van der Waals surface area contributed by atoms with Crippen LogP contribution in [0, 0.1) is 0 Å². The molecule has 10 aliphatic heterocycles. The summed E-state index contributed by atoms with van der Waals surface area (Å²) in [7, 11) is 0. The number of rotatable bonds is 5. The molecule has 3 heteroatoms. The Morgan fingerprint density at radius 2 is 1.53 bits per heavy atom. The Kier molecular flexibility index (Phi) is 0.745. The molecule has 1 spiro atoms. The van der Waals surface area contributed by atoms with Gasteiger partial charge in [-0.3, -0.25) is 0 Å². The van der Waals surface area contributed by atoms with Crippen molar-refractivity contribution in [1.82, 2.24) is 0 Å². The van der Waals surface area contributed by atoms with Crippen molar-refractivity contribution in [3.63, 3.8) is 0 Å². The zero-order valence-electron chi connectivity index (χ0n) is 16.6. The van der Waals surface area contributed by atoms with E-state index in [0.717, 1.165) is 49.7 Å². The Morgan fingerprint density at radius 3 is 2.13 bits per heavy atom. The molecule has 10 saturated heterocycles. The first-order chi connectivity index (χ1) is 14.3. The minimum atomic E-state index is -3.91. The number of Topliss-reactive ketones (excluding diaryl/α,β-unsaturated/α-hetero) is 1. The molecule has 2 aromatic carbocycles. The van der Waals surface area contributed by atoms with Crippen molar-refractivity contribution < 1.29 is 16.1 Å². The quantitative estimate of drug-likeness (QED) is 0.313. The first-order valence-corrected chi connectivity index (χ1v) is 17.6. The summed E-state index contributed by atoms with van der Waals surface area (Å²) in [6, 6.07) is 19.0. The molecule has 150 valence electrons. The Morgan fingerprint density at radius 1 is 0.867 bits per heavy atom. The standard InChI is InChI=1S/C14H11O.C13H11O.Fe/c15-14(13-8-4-5-9-13)11-10-12-6-2-1-3-7-12;1-10(14)12-7-4-8-13(9-12)11-5-2-3-6-11;/h1-11H;2-9H,1H3;. The van der Waals surface area contributed by atoms with Gasteiger partial charge in [-0.15, -0.1) is 0 Å². The van der Waals surface area contributed by atoms with Crippen LogP contribution in [0.1, 0.15) is 28.4 Å². The molecule has 0 aliphatic carbocycles. The second kappa shape index (κ2) is 1.66. The predicted molar refractivity (Wildman–Crippen MR) is 111 cm³/mol. The summed E-state index contributed by atoms with van der Waals surface area (Å²) in [6.07, 6.45) is 4.08. The molecule has 10 heterocycles. The van der Waals surface area contributed by atoms with E-state index in [4.69, 9.17) is 0 Å². The van der Waals surface area contributed by atoms with Gasteiger partial charge in [-0.1, -0.05) is 0 Å². The summed E-state index contributed by atoms with van der Waals surface area (Å²) in [5.74, 6) is 0.722. The van der Waals surface area contributed by atoms with Crippen LogP contribution in [-0.2, 0) is 15.6 Å². The predicted octanol–water partition coefficient (Wildman–Crippen LogP) is 6.34. The third-order valence-electron chi connectivity index (χ3n) is 18.1. The Bertz CT molecular complexity index is 1800. The number of fused-ring (bicyclic) bond motifs is 10. The molecule has 2 aromatic rings. The molecule has 0 radical (unpaired) electrons. The maximum atomic E-state index is 14.0. The van der Waals surface area contributed by atoms with Crippen LogP contribution < -0.4 is 0 Å². The van der Waals surface area contributed by atoms with Crippen molar-refractivity contribution in [3.8, 4) is 0 Å². The molecule has 30 heavy (non-hydrogen) atoms. The van der Waals surface area contributed by atoms with Gasteiger partial charge in [0.05, 0.1) is 0 Å². The molecular formula is C27H22FeO2. The Hall–Kier alpha value is -1.96. The van der Waals surface area contributed by atoms with Gasteiger partial charge < -0.3 is 0 Å². The van der Waals surface area contributed by atoms with Crippen LogP contribution in [0.3, 0.4) is 0 Å². The van der Waals surface area contributed by atoms with Crippen LogP contribution in [0.15, 0.2) is 60.7 Å². The summed E-state index contributed by atoms with van der Waals surface area (Å²) in [5.41, 5.74) is 3.54. The first kappa shape index (κ1) is 13.5. The van der Waals surface area contributed by atoms with Crippen LogP contribution in [-0.4, -0.2) is 11.6 Å². The van der Waals surface area contributed by atoms with E-state index >= 15 is 0 Å². The van der Waals surface area contributed by atoms with Gasteiger partial charge in [-0.05, 0) is 0 Å². The third-order valence-corrected chi connectivity index (χ3v) is 60.9. The van der Waals surface area contributed by atoms with Crippen molar-refractivity contribution >= 4 is 17.6 Å². The van der Waals surface area contributed by atoms with Crippen LogP contribution in [0.2, 0.25) is 42.8 Å². The van der Waals surface area contributed by atoms with Gasteiger partial charge in [0.15, 0.2) is 0 Å². The van der Waals surface area contributed by atoms with Crippen molar-refractivity contribution in [3.05, 3.63) is 77.4 Å². The average Bonchev–Trinajstić information content (AvgIpc) is 3.71. The van der Waals surface area contributed by atoms with Gasteiger partial charge in [0.1, 0.15) is 0 Å². The molecule has 0 amide bonds. The van der Waals surface area contributed by atoms with Crippen molar-refractivity contribution in [2.45, 2.75) is 54.1 Å². The molecule has 8 unspecified atom stereocenters. The van der Waals surface area contributed by atoms with Crippen molar-refractivity contribution in [2.75, 3.05) is 0 Å². The number of hydrogen-bond acceptors (Lipinski definition) is 2. The van der Waals surface area contributed by atoms with Crippen LogP contribution in [0.4, 0.5) is 0 Å². The van der Waals surface area contributed by atoms with E-state index in [1.54, 1.807) is 6.92 Å². The fraction of sp³-hybridized carbons (Fsp3) is 0.407. The maximum absolute atomic E-state index is 14.0. The second-order valence-corrected chi connectivity index (χ2v) is 37.2. The van der Waals surface area contributed by atoms with Gasteiger partial charge in [0.2, 0.25) is 0 Å². The zero-order chi connectivity index (χ0) is 19.6. The van der Waals surface area contributed by atoms with Crippen LogP contribution in [0.5, 0.6) is 0 Å². The monoisotopic (exact) mass is 434 g/mol. The molecule has 10 fully saturated rings. The van der Waals surface area contributed by atoms with E-state index in [9.17, 15) is 9.59 Å². The van der Waals surface area contributed by atoms with Crippen molar-refractivity contribution in [1.29, 1.82) is 0 Å². The van der Waals surface area contributed by atoms with Crippen molar-refractivity contribution in [2.24, 2.45) is 0 Å². The Labute approximate surface area is 165 Å². The molecule has 10 aliphatic rings. The van der Waals surface area contributed by atoms with Gasteiger partial charge in [-0.25, -0.2) is 0 Å². The van der Waals surface area contributed by atoms with Gasteiger partial charge in [-0.2, -0.15) is 0 Å². The van der Waals surface area contributed by atoms with E-state index < -0.39 is 6.51 Å². The summed E-state index contributed by atoms with van der Waals surface area (Å²) in [6.45, 7) is -2.22. The zero-order valence-corrected chi connectivity index (χ0v) is 17.7. The molecule has 0 N–H and O–H groups in total. The number of hydrogen-bond donors (Lipinski definition) is 0. The van der Waals surface area contributed by atoms with Gasteiger partial charge >= 0.3 is 165 Å². The normalized spacial score (nSPS) is 75.0. The third kappa shape index (κ3) is 0.236. The average molecular weight is 434 g/mol. The van der Waals surface area contributed by atoms with E-state index in [1.807, 2.05) is 30.3 Å². The van der Waals surface area contributed by atoms with E-state index in [0.29, 0.717) is 10.1 Å². The fourth-order valence-corrected chi connectivity index (χ4v) is 95.7. The molecule has 12 rings (SSSR count). The minimum absolute atomic E-state index is 0.173. The number of allylic oxidation sites excluding steroid dienone is 1. The summed E-state index contributed by atoms with van der Waals surface area (Å²) in [4.78, 5) is 34.0. The summed E-state index contributed by atoms with van der Waals surface area (Å²) in [5, 5.41) is 0. The molecular weight excluding hydrogens is 412 g/mol. The van der Waals surface area contributed by atoms with Crippen LogP contribution >= 0.6 is 0 Å². The Balaban J connectivity index is 1.13. The number of carbonyl (C=O) groups is 2. The SMILES string of the molecule is CC(=O)c1cccc([C]23[CH]4[CH]5[CH]6[CH]2[Fe]56432789[CH]3[CH]2[CH]7[C]8(C(=O)C=Cc2ccccc2)[CH]39)c1. The number of ketones is 2. The molecule has 8 atom stereocenters. The summed E-state index contributed by atoms with van der Waals surface area (Å²) < 4.78 is 0.627. The van der Waals surface area contributed by atoms with E-state index in [1.165, 1.54) is 5.56 Å². The van der Waals surface area contributed by atoms with Crippen LogP contribution in [0.25, 0.3) is 6.08 Å². The second-order valence-electron chi connectivity index (χ2n) is 14.0. The summed E-state index contributed by atoms with van der Waals surface area (Å²) >= 11 is 0. The molecule has 0 bridgehead atoms. The number of carbonyl (C=O) groups excluding carboxylic acids is 2. The van der Waals surface area contributed by atoms with E-state index in [2.05, 4.69) is 36.4 Å². The first-order valence-electron chi connectivity index (χ1n) is 11.4. The van der Waals surface area contributed by atoms with Gasteiger partial charge in [0, 0.05) is 0 Å².